The number of furan rings is 1. The summed E-state index contributed by atoms with van der Waals surface area (Å²) in [5.74, 6) is 0.200. The Kier molecular flexibility index (Phi) is 3.13. The van der Waals surface area contributed by atoms with Crippen molar-refractivity contribution in [1.82, 2.24) is 0 Å². The van der Waals surface area contributed by atoms with Crippen molar-refractivity contribution >= 4 is 78.8 Å². The molecule has 31 heavy (non-hydrogen) atoms. The quantitative estimate of drug-likeness (QED) is 0.124. The van der Waals surface area contributed by atoms with Crippen LogP contribution in [0.2, 0.25) is 0 Å². The first-order chi connectivity index (χ1) is 14.6. The Labute approximate surface area is 173 Å². The van der Waals surface area contributed by atoms with Gasteiger partial charge in [0.25, 0.3) is 0 Å². The summed E-state index contributed by atoms with van der Waals surface area (Å²) in [7, 11) is 0. The van der Waals surface area contributed by atoms with Gasteiger partial charge in [0.05, 0.1) is 44.9 Å². The maximum absolute atomic E-state index is 6.42. The molecular formula is C18H20N10O3. The highest BCUT2D eigenvalue weighted by molar-refractivity contribution is 6.26. The lowest BCUT2D eigenvalue weighted by Crippen LogP contribution is -2.12. The standard InChI is InChI=1S/C18H20N10O3/c19-3-1-2-4(20)15-18(12(28)14(2)29-13(1)9(25)6(22)5(3)21)31-17-11(27)8(24)7(23)10(26)16(17)30-15/h19-28H2. The van der Waals surface area contributed by atoms with E-state index in [2.05, 4.69) is 0 Å². The molecule has 1 aliphatic heterocycles. The van der Waals surface area contributed by atoms with Crippen LogP contribution < -0.4 is 66.8 Å². The minimum atomic E-state index is 0.0308. The fourth-order valence-corrected chi connectivity index (χ4v) is 3.72. The second-order valence-corrected chi connectivity index (χ2v) is 7.17. The van der Waals surface area contributed by atoms with Crippen LogP contribution in [-0.2, 0) is 0 Å². The monoisotopic (exact) mass is 424 g/mol. The van der Waals surface area contributed by atoms with Gasteiger partial charge in [-0.05, 0) is 0 Å². The zero-order chi connectivity index (χ0) is 22.5. The largest absolute Gasteiger partial charge is 0.451 e. The van der Waals surface area contributed by atoms with E-state index in [4.69, 9.17) is 71.2 Å². The summed E-state index contributed by atoms with van der Waals surface area (Å²) < 4.78 is 17.7. The van der Waals surface area contributed by atoms with E-state index in [1.54, 1.807) is 0 Å². The van der Waals surface area contributed by atoms with Gasteiger partial charge in [-0.1, -0.05) is 0 Å². The summed E-state index contributed by atoms with van der Waals surface area (Å²) in [5, 5.41) is 0.661. The van der Waals surface area contributed by atoms with Gasteiger partial charge in [-0.15, -0.1) is 0 Å². The summed E-state index contributed by atoms with van der Waals surface area (Å²) >= 11 is 0. The Morgan fingerprint density at radius 2 is 0.677 bits per heavy atom. The maximum atomic E-state index is 6.42. The molecule has 0 saturated heterocycles. The van der Waals surface area contributed by atoms with E-state index in [1.165, 1.54) is 0 Å². The van der Waals surface area contributed by atoms with Crippen molar-refractivity contribution in [3.8, 4) is 23.0 Å². The summed E-state index contributed by atoms with van der Waals surface area (Å²) in [5.41, 5.74) is 61.9. The van der Waals surface area contributed by atoms with Crippen LogP contribution in [0, 0.1) is 0 Å². The Bertz CT molecular complexity index is 1490. The van der Waals surface area contributed by atoms with Crippen molar-refractivity contribution in [2.75, 3.05) is 57.3 Å². The minimum absolute atomic E-state index is 0.0308. The maximum Gasteiger partial charge on any atom is 0.199 e. The van der Waals surface area contributed by atoms with Crippen LogP contribution in [0.1, 0.15) is 0 Å². The molecule has 0 saturated carbocycles. The van der Waals surface area contributed by atoms with E-state index in [0.717, 1.165) is 0 Å². The molecule has 0 atom stereocenters. The predicted molar refractivity (Wildman–Crippen MR) is 124 cm³/mol. The molecule has 4 aromatic rings. The summed E-state index contributed by atoms with van der Waals surface area (Å²) in [6.07, 6.45) is 0. The lowest BCUT2D eigenvalue weighted by molar-refractivity contribution is 0.366. The highest BCUT2D eigenvalue weighted by atomic mass is 16.6. The molecule has 160 valence electrons. The van der Waals surface area contributed by atoms with Gasteiger partial charge >= 0.3 is 0 Å². The average molecular weight is 424 g/mol. The second kappa shape index (κ2) is 5.35. The molecule has 1 aromatic heterocycles. The number of nitrogen functional groups attached to an aromatic ring is 10. The average Bonchev–Trinajstić information content (AvgIpc) is 3.17. The van der Waals surface area contributed by atoms with Crippen LogP contribution in [0.5, 0.6) is 23.0 Å². The Hall–Kier alpha value is -4.94. The number of hydrogen-bond acceptors (Lipinski definition) is 13. The molecule has 0 bridgehead atoms. The molecular weight excluding hydrogens is 404 g/mol. The number of ether oxygens (including phenoxy) is 2. The van der Waals surface area contributed by atoms with E-state index < -0.39 is 0 Å². The van der Waals surface area contributed by atoms with Crippen LogP contribution in [0.4, 0.5) is 56.9 Å². The van der Waals surface area contributed by atoms with Crippen LogP contribution in [-0.4, -0.2) is 0 Å². The molecule has 20 N–H and O–H groups in total. The normalized spacial score (nSPS) is 12.4. The molecule has 0 fully saturated rings. The number of rotatable bonds is 0. The van der Waals surface area contributed by atoms with Crippen molar-refractivity contribution in [2.45, 2.75) is 0 Å². The summed E-state index contributed by atoms with van der Waals surface area (Å²) in [6, 6.07) is 0. The fourth-order valence-electron chi connectivity index (χ4n) is 3.72. The second-order valence-electron chi connectivity index (χ2n) is 7.17. The molecule has 13 heteroatoms. The Morgan fingerprint density at radius 1 is 0.323 bits per heavy atom. The molecule has 2 heterocycles. The molecule has 1 aliphatic rings. The van der Waals surface area contributed by atoms with Crippen LogP contribution in [0.25, 0.3) is 21.9 Å². The van der Waals surface area contributed by atoms with E-state index >= 15 is 0 Å². The van der Waals surface area contributed by atoms with E-state index in [1.807, 2.05) is 0 Å². The summed E-state index contributed by atoms with van der Waals surface area (Å²) in [6.45, 7) is 0. The molecule has 0 spiro atoms. The van der Waals surface area contributed by atoms with Crippen molar-refractivity contribution in [1.29, 1.82) is 0 Å². The smallest absolute Gasteiger partial charge is 0.199 e. The fraction of sp³-hybridized carbons (Fsp3) is 0. The predicted octanol–water partition coefficient (Wildman–Crippen LogP) is 1.31. The van der Waals surface area contributed by atoms with Crippen molar-refractivity contribution < 1.29 is 13.9 Å². The topological polar surface area (TPSA) is 292 Å². The summed E-state index contributed by atoms with van der Waals surface area (Å²) in [4.78, 5) is 0. The lowest BCUT2D eigenvalue weighted by atomic mass is 10.0. The third kappa shape index (κ3) is 1.93. The molecule has 0 unspecified atom stereocenters. The van der Waals surface area contributed by atoms with E-state index in [9.17, 15) is 0 Å². The SMILES string of the molecule is Nc1c(N)c(N)c2c(c1N)Oc1c(c(N)c3c(oc4c(N)c(N)c(N)c(N)c43)c1N)O2. The number of fused-ring (bicyclic) bond motifs is 5. The highest BCUT2D eigenvalue weighted by Gasteiger charge is 2.34. The molecule has 0 aliphatic carbocycles. The van der Waals surface area contributed by atoms with Gasteiger partial charge in [-0.2, -0.15) is 0 Å². The molecule has 13 nitrogen and oxygen atoms in total. The minimum Gasteiger partial charge on any atom is -0.451 e. The van der Waals surface area contributed by atoms with Crippen LogP contribution >= 0.6 is 0 Å². The Balaban J connectivity index is 1.91. The highest BCUT2D eigenvalue weighted by Crippen LogP contribution is 2.61. The third-order valence-electron chi connectivity index (χ3n) is 5.48. The first kappa shape index (κ1) is 18.1. The van der Waals surface area contributed by atoms with Crippen molar-refractivity contribution in [3.05, 3.63) is 0 Å². The van der Waals surface area contributed by atoms with Crippen LogP contribution in [0.3, 0.4) is 0 Å². The van der Waals surface area contributed by atoms with E-state index in [0.29, 0.717) is 10.8 Å². The number of hydrogen-bond donors (Lipinski definition) is 10. The van der Waals surface area contributed by atoms with Gasteiger partial charge in [0.2, 0.25) is 0 Å². The molecule has 0 radical (unpaired) electrons. The third-order valence-corrected chi connectivity index (χ3v) is 5.48. The first-order valence-corrected chi connectivity index (χ1v) is 8.86. The first-order valence-electron chi connectivity index (χ1n) is 8.86. The number of anilines is 10. The number of nitrogens with two attached hydrogens (primary N) is 10. The molecule has 0 amide bonds. The molecule has 5 rings (SSSR count). The van der Waals surface area contributed by atoms with Crippen molar-refractivity contribution in [3.63, 3.8) is 0 Å². The van der Waals surface area contributed by atoms with Gasteiger partial charge in [-0.3, -0.25) is 0 Å². The van der Waals surface area contributed by atoms with Gasteiger partial charge in [-0.25, -0.2) is 0 Å². The zero-order valence-corrected chi connectivity index (χ0v) is 16.0. The van der Waals surface area contributed by atoms with Gasteiger partial charge in [0, 0.05) is 0 Å². The lowest BCUT2D eigenvalue weighted by Gasteiger charge is -2.26. The van der Waals surface area contributed by atoms with Gasteiger partial charge in [0.15, 0.2) is 34.2 Å². The van der Waals surface area contributed by atoms with Gasteiger partial charge < -0.3 is 71.2 Å². The number of benzene rings is 3. The van der Waals surface area contributed by atoms with Crippen LogP contribution in [0.15, 0.2) is 4.42 Å². The zero-order valence-electron chi connectivity index (χ0n) is 16.0. The van der Waals surface area contributed by atoms with Crippen molar-refractivity contribution in [2.24, 2.45) is 0 Å². The van der Waals surface area contributed by atoms with Gasteiger partial charge in [0.1, 0.15) is 22.7 Å². The Morgan fingerprint density at radius 3 is 1.23 bits per heavy atom. The van der Waals surface area contributed by atoms with E-state index in [-0.39, 0.29) is 91.0 Å². The molecule has 3 aromatic carbocycles.